The van der Waals surface area contributed by atoms with Crippen LogP contribution in [0.4, 0.5) is 23.2 Å². The van der Waals surface area contributed by atoms with Gasteiger partial charge in [0, 0.05) is 17.3 Å². The van der Waals surface area contributed by atoms with E-state index in [-0.39, 0.29) is 11.4 Å². The highest BCUT2D eigenvalue weighted by molar-refractivity contribution is 6.07. The van der Waals surface area contributed by atoms with Crippen LogP contribution in [0.2, 0.25) is 0 Å². The van der Waals surface area contributed by atoms with Gasteiger partial charge >= 0.3 is 6.18 Å². The van der Waals surface area contributed by atoms with E-state index in [1.807, 2.05) is 0 Å². The largest absolute Gasteiger partial charge is 0.481 e. The van der Waals surface area contributed by atoms with Crippen LogP contribution >= 0.6 is 0 Å². The first-order valence-corrected chi connectivity index (χ1v) is 11.2. The molecule has 1 aromatic heterocycles. The second-order valence-corrected chi connectivity index (χ2v) is 9.66. The average molecular weight is 515 g/mol. The zero-order chi connectivity index (χ0) is 27.2. The minimum Gasteiger partial charge on any atom is -0.481 e. The number of nitrogens with zero attached hydrogens (tertiary/aromatic N) is 1. The predicted molar refractivity (Wildman–Crippen MR) is 124 cm³/mol. The molecule has 2 aromatic rings. The zero-order valence-electron chi connectivity index (χ0n) is 21.4. The van der Waals surface area contributed by atoms with Gasteiger partial charge in [0.25, 0.3) is 5.91 Å². The quantitative estimate of drug-likeness (QED) is 0.474. The Labute approximate surface area is 207 Å². The number of carbonyl (C=O) groups is 1. The Bertz CT molecular complexity index is 1150. The summed E-state index contributed by atoms with van der Waals surface area (Å²) in [5, 5.41) is 2.61. The van der Waals surface area contributed by atoms with E-state index in [1.165, 1.54) is 13.3 Å². The molecule has 0 saturated carbocycles. The molecule has 1 aliphatic heterocycles. The van der Waals surface area contributed by atoms with E-state index >= 15 is 4.39 Å². The molecule has 1 aromatic carbocycles. The van der Waals surface area contributed by atoms with E-state index in [4.69, 9.17) is 18.9 Å². The molecule has 0 aliphatic carbocycles. The number of ether oxygens (including phenoxy) is 4. The standard InChI is InChI=1S/C25H30F4N2O5/c1-12-11-30-21(33-8)13(2)19(12)31-20(32)16-9-17(26)15(10-18(16)34-14(3)25(27,28)29)22-35-23(4,5)24(6,7)36-22/h9-11,14,22H,1-8H3,(H,30,31,32)/t14-/m0/s1. The number of methoxy groups -OCH3 is 1. The minimum absolute atomic E-state index is 0.187. The third-order valence-corrected chi connectivity index (χ3v) is 6.51. The van der Waals surface area contributed by atoms with Crippen LogP contribution in [0, 0.1) is 19.7 Å². The number of carbonyl (C=O) groups excluding carboxylic acids is 1. The second kappa shape index (κ2) is 9.51. The third-order valence-electron chi connectivity index (χ3n) is 6.51. The van der Waals surface area contributed by atoms with Gasteiger partial charge in [-0.05, 0) is 66.2 Å². The monoisotopic (exact) mass is 514 g/mol. The molecule has 7 nitrogen and oxygen atoms in total. The summed E-state index contributed by atoms with van der Waals surface area (Å²) in [6.07, 6.45) is -6.75. The van der Waals surface area contributed by atoms with Crippen molar-refractivity contribution in [2.24, 2.45) is 0 Å². The number of hydrogen-bond donors (Lipinski definition) is 1. The summed E-state index contributed by atoms with van der Waals surface area (Å²) in [5.74, 6) is -2.00. The Hall–Kier alpha value is -2.92. The summed E-state index contributed by atoms with van der Waals surface area (Å²) < 4.78 is 77.2. The number of halogens is 4. The van der Waals surface area contributed by atoms with Crippen LogP contribution in [0.25, 0.3) is 0 Å². The molecule has 0 bridgehead atoms. The number of benzene rings is 1. The lowest BCUT2D eigenvalue weighted by atomic mass is 9.90. The van der Waals surface area contributed by atoms with Crippen molar-refractivity contribution in [3.8, 4) is 11.6 Å². The molecule has 0 spiro atoms. The van der Waals surface area contributed by atoms with Crippen LogP contribution in [-0.4, -0.2) is 41.5 Å². The first-order valence-electron chi connectivity index (χ1n) is 11.2. The molecule has 1 N–H and O–H groups in total. The van der Waals surface area contributed by atoms with Crippen molar-refractivity contribution in [3.63, 3.8) is 0 Å². The van der Waals surface area contributed by atoms with Gasteiger partial charge in [0.15, 0.2) is 12.4 Å². The maximum atomic E-state index is 15.3. The fraction of sp³-hybridized carbons (Fsp3) is 0.520. The Balaban J connectivity index is 2.07. The van der Waals surface area contributed by atoms with Gasteiger partial charge in [-0.25, -0.2) is 9.37 Å². The minimum atomic E-state index is -4.72. The third kappa shape index (κ3) is 5.27. The lowest BCUT2D eigenvalue weighted by Crippen LogP contribution is -2.41. The molecule has 3 rings (SSSR count). The predicted octanol–water partition coefficient (Wildman–Crippen LogP) is 6.03. The lowest BCUT2D eigenvalue weighted by Gasteiger charge is -2.30. The molecule has 1 amide bonds. The van der Waals surface area contributed by atoms with E-state index < -0.39 is 52.8 Å². The van der Waals surface area contributed by atoms with Crippen molar-refractivity contribution in [3.05, 3.63) is 46.4 Å². The molecule has 0 radical (unpaired) electrons. The maximum Gasteiger partial charge on any atom is 0.425 e. The number of amides is 1. The summed E-state index contributed by atoms with van der Waals surface area (Å²) in [7, 11) is 1.41. The highest BCUT2D eigenvalue weighted by atomic mass is 19.4. The van der Waals surface area contributed by atoms with Crippen molar-refractivity contribution < 1.29 is 41.3 Å². The van der Waals surface area contributed by atoms with Gasteiger partial charge in [-0.1, -0.05) is 0 Å². The maximum absolute atomic E-state index is 15.3. The first-order chi connectivity index (χ1) is 16.5. The van der Waals surface area contributed by atoms with Crippen molar-refractivity contribution in [2.45, 2.75) is 78.2 Å². The number of anilines is 1. The van der Waals surface area contributed by atoms with Gasteiger partial charge in [-0.2, -0.15) is 13.2 Å². The number of alkyl halides is 3. The number of nitrogens with one attached hydrogen (secondary N) is 1. The van der Waals surface area contributed by atoms with E-state index in [0.29, 0.717) is 16.8 Å². The molecule has 198 valence electrons. The van der Waals surface area contributed by atoms with E-state index in [1.54, 1.807) is 41.5 Å². The van der Waals surface area contributed by atoms with E-state index in [9.17, 15) is 18.0 Å². The summed E-state index contributed by atoms with van der Waals surface area (Å²) in [4.78, 5) is 17.3. The molecule has 1 atom stereocenters. The van der Waals surface area contributed by atoms with Crippen molar-refractivity contribution in [2.75, 3.05) is 12.4 Å². The smallest absolute Gasteiger partial charge is 0.425 e. The number of aryl methyl sites for hydroxylation is 1. The fourth-order valence-corrected chi connectivity index (χ4v) is 3.55. The van der Waals surface area contributed by atoms with E-state index in [0.717, 1.165) is 19.1 Å². The average Bonchev–Trinajstić information content (AvgIpc) is 2.97. The van der Waals surface area contributed by atoms with Gasteiger partial charge in [-0.15, -0.1) is 0 Å². The van der Waals surface area contributed by atoms with Crippen molar-refractivity contribution in [1.29, 1.82) is 0 Å². The number of pyridine rings is 1. The van der Waals surface area contributed by atoms with Crippen LogP contribution in [0.1, 0.15) is 68.0 Å². The van der Waals surface area contributed by atoms with Crippen molar-refractivity contribution >= 4 is 11.6 Å². The molecule has 1 aliphatic rings. The summed E-state index contributed by atoms with van der Waals surface area (Å²) in [6, 6.07) is 1.83. The Morgan fingerprint density at radius 3 is 2.25 bits per heavy atom. The highest BCUT2D eigenvalue weighted by Gasteiger charge is 2.50. The normalized spacial score (nSPS) is 18.1. The van der Waals surface area contributed by atoms with Crippen LogP contribution < -0.4 is 14.8 Å². The number of rotatable bonds is 6. The second-order valence-electron chi connectivity index (χ2n) is 9.66. The molecule has 0 unspecified atom stereocenters. The van der Waals surface area contributed by atoms with E-state index in [2.05, 4.69) is 10.3 Å². The van der Waals surface area contributed by atoms with Gasteiger partial charge in [0.1, 0.15) is 11.6 Å². The summed E-state index contributed by atoms with van der Waals surface area (Å²) in [6.45, 7) is 11.1. The Kier molecular flexibility index (Phi) is 7.31. The highest BCUT2D eigenvalue weighted by Crippen LogP contribution is 2.46. The number of aromatic nitrogens is 1. The van der Waals surface area contributed by atoms with Crippen LogP contribution in [0.5, 0.6) is 11.6 Å². The summed E-state index contributed by atoms with van der Waals surface area (Å²) in [5.41, 5.74) is -0.873. The molecule has 2 heterocycles. The van der Waals surface area contributed by atoms with Gasteiger partial charge in [0.2, 0.25) is 5.88 Å². The van der Waals surface area contributed by atoms with Crippen LogP contribution in [0.3, 0.4) is 0 Å². The topological polar surface area (TPSA) is 78.9 Å². The lowest BCUT2D eigenvalue weighted by molar-refractivity contribution is -0.189. The molecular weight excluding hydrogens is 484 g/mol. The molecular formula is C25H30F4N2O5. The van der Waals surface area contributed by atoms with Gasteiger partial charge < -0.3 is 24.3 Å². The Morgan fingerprint density at radius 1 is 1.14 bits per heavy atom. The van der Waals surface area contributed by atoms with Gasteiger partial charge in [-0.3, -0.25) is 4.79 Å². The van der Waals surface area contributed by atoms with Crippen LogP contribution in [0.15, 0.2) is 18.3 Å². The number of hydrogen-bond acceptors (Lipinski definition) is 6. The SMILES string of the molecule is COc1ncc(C)c(NC(=O)c2cc(F)c(C3OC(C)(C)C(C)(C)O3)cc2O[C@@H](C)C(F)(F)F)c1C. The first kappa shape index (κ1) is 27.7. The summed E-state index contributed by atoms with van der Waals surface area (Å²) >= 11 is 0. The molecule has 36 heavy (non-hydrogen) atoms. The molecule has 1 fully saturated rings. The molecule has 11 heteroatoms. The Morgan fingerprint density at radius 2 is 1.72 bits per heavy atom. The fourth-order valence-electron chi connectivity index (χ4n) is 3.55. The zero-order valence-corrected chi connectivity index (χ0v) is 21.4. The molecule has 1 saturated heterocycles. The van der Waals surface area contributed by atoms with Gasteiger partial charge in [0.05, 0.1) is 29.6 Å². The van der Waals surface area contributed by atoms with Crippen molar-refractivity contribution in [1.82, 2.24) is 4.98 Å². The van der Waals surface area contributed by atoms with Crippen LogP contribution in [-0.2, 0) is 9.47 Å².